The third kappa shape index (κ3) is 3.50. The Morgan fingerprint density at radius 1 is 1.40 bits per heavy atom. The van der Waals surface area contributed by atoms with Crippen LogP contribution >= 0.6 is 0 Å². The van der Waals surface area contributed by atoms with Crippen LogP contribution in [0.5, 0.6) is 0 Å². The van der Waals surface area contributed by atoms with Crippen molar-refractivity contribution in [3.05, 3.63) is 29.3 Å². The number of carbonyl (C=O) groups excluding carboxylic acids is 1. The molecule has 3 N–H and O–H groups in total. The number of urea groups is 1. The van der Waals surface area contributed by atoms with E-state index >= 15 is 0 Å². The zero-order valence-electron chi connectivity index (χ0n) is 11.8. The van der Waals surface area contributed by atoms with Gasteiger partial charge in [0, 0.05) is 6.04 Å². The second-order valence-electron chi connectivity index (χ2n) is 5.34. The van der Waals surface area contributed by atoms with Crippen LogP contribution in [-0.4, -0.2) is 23.1 Å². The van der Waals surface area contributed by atoms with Gasteiger partial charge in [-0.1, -0.05) is 25.0 Å². The molecule has 0 saturated heterocycles. The Labute approximate surface area is 118 Å². The molecule has 5 heteroatoms. The smallest absolute Gasteiger partial charge is 0.337 e. The number of hydrogen-bond donors (Lipinski definition) is 3. The Morgan fingerprint density at radius 2 is 2.15 bits per heavy atom. The van der Waals surface area contributed by atoms with Gasteiger partial charge in [-0.2, -0.15) is 0 Å². The zero-order valence-corrected chi connectivity index (χ0v) is 11.8. The molecule has 2 atom stereocenters. The molecule has 0 aliphatic heterocycles. The fourth-order valence-corrected chi connectivity index (χ4v) is 2.39. The van der Waals surface area contributed by atoms with Gasteiger partial charge in [-0.25, -0.2) is 9.59 Å². The molecule has 0 aromatic heterocycles. The van der Waals surface area contributed by atoms with Gasteiger partial charge < -0.3 is 15.7 Å². The van der Waals surface area contributed by atoms with Crippen molar-refractivity contribution in [3.8, 4) is 0 Å². The van der Waals surface area contributed by atoms with Crippen LogP contribution < -0.4 is 10.6 Å². The number of nitrogens with one attached hydrogen (secondary N) is 2. The molecule has 1 aliphatic rings. The van der Waals surface area contributed by atoms with E-state index in [0.717, 1.165) is 24.8 Å². The second-order valence-corrected chi connectivity index (χ2v) is 5.34. The molecule has 0 spiro atoms. The Hall–Kier alpha value is -2.04. The maximum atomic E-state index is 11.9. The number of amides is 2. The minimum absolute atomic E-state index is 0.112. The average Bonchev–Trinajstić information content (AvgIpc) is 3.09. The van der Waals surface area contributed by atoms with Gasteiger partial charge in [-0.05, 0) is 37.8 Å². The minimum Gasteiger partial charge on any atom is -0.478 e. The average molecular weight is 276 g/mol. The molecule has 1 aromatic rings. The second kappa shape index (κ2) is 5.94. The molecule has 20 heavy (non-hydrogen) atoms. The molecular weight excluding hydrogens is 256 g/mol. The lowest BCUT2D eigenvalue weighted by molar-refractivity contribution is 0.0698. The molecular formula is C15H20N2O3. The van der Waals surface area contributed by atoms with Gasteiger partial charge in [0.05, 0.1) is 11.3 Å². The molecule has 2 amide bonds. The number of anilines is 1. The van der Waals surface area contributed by atoms with Crippen LogP contribution in [0, 0.1) is 12.8 Å². The molecule has 0 radical (unpaired) electrons. The Kier molecular flexibility index (Phi) is 4.27. The number of benzene rings is 1. The molecule has 2 unspecified atom stereocenters. The van der Waals surface area contributed by atoms with Crippen LogP contribution in [0.4, 0.5) is 10.5 Å². The van der Waals surface area contributed by atoms with Crippen LogP contribution in [0.15, 0.2) is 18.2 Å². The third-order valence-electron chi connectivity index (χ3n) is 3.55. The van der Waals surface area contributed by atoms with E-state index in [0.29, 0.717) is 11.6 Å². The maximum Gasteiger partial charge on any atom is 0.337 e. The van der Waals surface area contributed by atoms with Crippen LogP contribution in [0.1, 0.15) is 42.1 Å². The molecule has 0 bridgehead atoms. The molecule has 1 aliphatic carbocycles. The molecule has 1 fully saturated rings. The van der Waals surface area contributed by atoms with E-state index in [-0.39, 0.29) is 17.6 Å². The normalized spacial score (nSPS) is 20.3. The van der Waals surface area contributed by atoms with E-state index in [1.165, 1.54) is 0 Å². The van der Waals surface area contributed by atoms with Crippen molar-refractivity contribution in [2.75, 3.05) is 5.32 Å². The first-order valence-electron chi connectivity index (χ1n) is 6.92. The summed E-state index contributed by atoms with van der Waals surface area (Å²) in [7, 11) is 0. The summed E-state index contributed by atoms with van der Waals surface area (Å²) >= 11 is 0. The van der Waals surface area contributed by atoms with Gasteiger partial charge in [-0.3, -0.25) is 0 Å². The summed E-state index contributed by atoms with van der Waals surface area (Å²) < 4.78 is 0. The van der Waals surface area contributed by atoms with Gasteiger partial charge in [0.2, 0.25) is 0 Å². The van der Waals surface area contributed by atoms with Crippen LogP contribution in [0.3, 0.4) is 0 Å². The fourth-order valence-electron chi connectivity index (χ4n) is 2.39. The van der Waals surface area contributed by atoms with E-state index in [1.54, 1.807) is 18.2 Å². The maximum absolute atomic E-state index is 11.9. The summed E-state index contributed by atoms with van der Waals surface area (Å²) in [5, 5.41) is 14.6. The van der Waals surface area contributed by atoms with Crippen molar-refractivity contribution < 1.29 is 14.7 Å². The zero-order chi connectivity index (χ0) is 14.7. The number of carboxylic acid groups (broad SMARTS) is 1. The standard InChI is InChI=1S/C15H20N2O3/c1-3-4-10-8-13(10)17-15(20)16-12-6-5-9(2)7-11(12)14(18)19/h5-7,10,13H,3-4,8H2,1-2H3,(H,18,19)(H2,16,17,20). The van der Waals surface area contributed by atoms with Crippen molar-refractivity contribution in [1.82, 2.24) is 5.32 Å². The predicted molar refractivity (Wildman–Crippen MR) is 77.1 cm³/mol. The van der Waals surface area contributed by atoms with E-state index in [2.05, 4.69) is 17.6 Å². The topological polar surface area (TPSA) is 78.4 Å². The highest BCUT2D eigenvalue weighted by Gasteiger charge is 2.37. The van der Waals surface area contributed by atoms with Gasteiger partial charge in [0.15, 0.2) is 0 Å². The van der Waals surface area contributed by atoms with Crippen molar-refractivity contribution in [3.63, 3.8) is 0 Å². The summed E-state index contributed by atoms with van der Waals surface area (Å²) in [6.45, 7) is 3.94. The van der Waals surface area contributed by atoms with Crippen molar-refractivity contribution in [1.29, 1.82) is 0 Å². The van der Waals surface area contributed by atoms with Gasteiger partial charge in [-0.15, -0.1) is 0 Å². The summed E-state index contributed by atoms with van der Waals surface area (Å²) in [4.78, 5) is 23.0. The fraction of sp³-hybridized carbons (Fsp3) is 0.467. The van der Waals surface area contributed by atoms with Crippen LogP contribution in [0.25, 0.3) is 0 Å². The van der Waals surface area contributed by atoms with E-state index < -0.39 is 5.97 Å². The van der Waals surface area contributed by atoms with Crippen molar-refractivity contribution in [2.45, 2.75) is 39.2 Å². The summed E-state index contributed by atoms with van der Waals surface area (Å²) in [5.41, 5.74) is 1.29. The van der Waals surface area contributed by atoms with E-state index in [1.807, 2.05) is 6.92 Å². The van der Waals surface area contributed by atoms with Crippen molar-refractivity contribution >= 4 is 17.7 Å². The summed E-state index contributed by atoms with van der Waals surface area (Å²) in [5.74, 6) is -0.470. The molecule has 1 saturated carbocycles. The van der Waals surface area contributed by atoms with Gasteiger partial charge in [0.1, 0.15) is 0 Å². The summed E-state index contributed by atoms with van der Waals surface area (Å²) in [6, 6.07) is 4.84. The number of aryl methyl sites for hydroxylation is 1. The predicted octanol–water partition coefficient (Wildman–Crippen LogP) is 3.00. The van der Waals surface area contributed by atoms with Crippen molar-refractivity contribution in [2.24, 2.45) is 5.92 Å². The quantitative estimate of drug-likeness (QED) is 0.773. The molecule has 0 heterocycles. The lowest BCUT2D eigenvalue weighted by atomic mass is 10.1. The Morgan fingerprint density at radius 3 is 2.80 bits per heavy atom. The Bertz CT molecular complexity index is 528. The minimum atomic E-state index is -1.04. The number of hydrogen-bond acceptors (Lipinski definition) is 2. The lowest BCUT2D eigenvalue weighted by Gasteiger charge is -2.10. The summed E-state index contributed by atoms with van der Waals surface area (Å²) in [6.07, 6.45) is 3.25. The van der Waals surface area contributed by atoms with Crippen LogP contribution in [0.2, 0.25) is 0 Å². The first kappa shape index (κ1) is 14.4. The molecule has 108 valence electrons. The van der Waals surface area contributed by atoms with E-state index in [4.69, 9.17) is 5.11 Å². The number of rotatable bonds is 5. The third-order valence-corrected chi connectivity index (χ3v) is 3.55. The Balaban J connectivity index is 1.96. The molecule has 1 aromatic carbocycles. The SMILES string of the molecule is CCCC1CC1NC(=O)Nc1ccc(C)cc1C(=O)O. The first-order chi connectivity index (χ1) is 9.51. The highest BCUT2D eigenvalue weighted by atomic mass is 16.4. The number of carboxylic acids is 1. The highest BCUT2D eigenvalue weighted by molar-refractivity contribution is 6.00. The molecule has 5 nitrogen and oxygen atoms in total. The highest BCUT2D eigenvalue weighted by Crippen LogP contribution is 2.34. The van der Waals surface area contributed by atoms with Gasteiger partial charge >= 0.3 is 12.0 Å². The molecule has 2 rings (SSSR count). The van der Waals surface area contributed by atoms with Crippen LogP contribution in [-0.2, 0) is 0 Å². The largest absolute Gasteiger partial charge is 0.478 e. The first-order valence-corrected chi connectivity index (χ1v) is 6.92. The number of carbonyl (C=O) groups is 2. The van der Waals surface area contributed by atoms with Gasteiger partial charge in [0.25, 0.3) is 0 Å². The van der Waals surface area contributed by atoms with E-state index in [9.17, 15) is 9.59 Å². The number of aromatic carboxylic acids is 1. The monoisotopic (exact) mass is 276 g/mol. The lowest BCUT2D eigenvalue weighted by Crippen LogP contribution is -2.32.